The van der Waals surface area contributed by atoms with Crippen LogP contribution in [0.15, 0.2) is 24.3 Å². The van der Waals surface area contributed by atoms with Gasteiger partial charge in [0.05, 0.1) is 13.2 Å². The summed E-state index contributed by atoms with van der Waals surface area (Å²) in [5.41, 5.74) is 2.31. The van der Waals surface area contributed by atoms with Crippen LogP contribution in [0.2, 0.25) is 0 Å². The Morgan fingerprint density at radius 2 is 1.88 bits per heavy atom. The number of likely N-dealkylation sites (tertiary alicyclic amines) is 1. The second-order valence-electron chi connectivity index (χ2n) is 7.23. The van der Waals surface area contributed by atoms with Crippen molar-refractivity contribution in [2.24, 2.45) is 0 Å². The molecule has 3 aliphatic rings. The van der Waals surface area contributed by atoms with E-state index >= 15 is 0 Å². The molecule has 3 saturated heterocycles. The number of ether oxygens (including phenoxy) is 1. The highest BCUT2D eigenvalue weighted by atomic mass is 16.5. The number of amides is 2. The highest BCUT2D eigenvalue weighted by Crippen LogP contribution is 2.21. The molecular weight excluding hydrogens is 316 g/mol. The van der Waals surface area contributed by atoms with Crippen molar-refractivity contribution in [1.82, 2.24) is 15.1 Å². The van der Waals surface area contributed by atoms with Crippen molar-refractivity contribution in [3.63, 3.8) is 0 Å². The lowest BCUT2D eigenvalue weighted by Crippen LogP contribution is -2.51. The van der Waals surface area contributed by atoms with Crippen LogP contribution >= 0.6 is 0 Å². The molecule has 0 aliphatic carbocycles. The van der Waals surface area contributed by atoms with E-state index in [1.54, 1.807) is 4.90 Å². The number of hydrogen-bond acceptors (Lipinski definition) is 4. The first-order chi connectivity index (χ1) is 12.3. The maximum absolute atomic E-state index is 11.8. The average Bonchev–Trinajstić information content (AvgIpc) is 3.09. The molecule has 2 amide bonds. The molecule has 6 heteroatoms. The minimum atomic E-state index is 0.0112. The van der Waals surface area contributed by atoms with Gasteiger partial charge < -0.3 is 10.1 Å². The molecule has 3 aliphatic heterocycles. The molecular formula is C19H28N4O2. The lowest BCUT2D eigenvalue weighted by molar-refractivity contribution is -0.00358. The summed E-state index contributed by atoms with van der Waals surface area (Å²) in [5.74, 6) is 0. The van der Waals surface area contributed by atoms with Crippen LogP contribution < -0.4 is 10.2 Å². The van der Waals surface area contributed by atoms with Gasteiger partial charge in [-0.2, -0.15) is 0 Å². The summed E-state index contributed by atoms with van der Waals surface area (Å²) < 4.78 is 5.49. The monoisotopic (exact) mass is 344 g/mol. The van der Waals surface area contributed by atoms with Crippen LogP contribution in [-0.4, -0.2) is 74.4 Å². The summed E-state index contributed by atoms with van der Waals surface area (Å²) >= 11 is 0. The first kappa shape index (κ1) is 16.8. The fourth-order valence-electron chi connectivity index (χ4n) is 4.17. The predicted molar refractivity (Wildman–Crippen MR) is 97.9 cm³/mol. The SMILES string of the molecule is O=C1NCCN1c1ccc(CN2CCC[C@@H](N3CCOCC3)C2)cc1. The fraction of sp³-hybridized carbons (Fsp3) is 0.632. The lowest BCUT2D eigenvalue weighted by Gasteiger charge is -2.41. The molecule has 0 unspecified atom stereocenters. The van der Waals surface area contributed by atoms with Gasteiger partial charge in [-0.05, 0) is 37.1 Å². The van der Waals surface area contributed by atoms with Gasteiger partial charge in [-0.25, -0.2) is 4.79 Å². The van der Waals surface area contributed by atoms with Crippen LogP contribution in [0.1, 0.15) is 18.4 Å². The van der Waals surface area contributed by atoms with Crippen molar-refractivity contribution in [1.29, 1.82) is 0 Å². The minimum Gasteiger partial charge on any atom is -0.379 e. The summed E-state index contributed by atoms with van der Waals surface area (Å²) in [5, 5.41) is 2.85. The Morgan fingerprint density at radius 1 is 1.08 bits per heavy atom. The van der Waals surface area contributed by atoms with Gasteiger partial charge in [0.2, 0.25) is 0 Å². The second-order valence-corrected chi connectivity index (χ2v) is 7.23. The van der Waals surface area contributed by atoms with Crippen molar-refractivity contribution in [2.45, 2.75) is 25.4 Å². The Kier molecular flexibility index (Phi) is 5.20. The number of morpholine rings is 1. The Bertz CT molecular complexity index is 586. The van der Waals surface area contributed by atoms with Gasteiger partial charge in [0.1, 0.15) is 0 Å². The van der Waals surface area contributed by atoms with E-state index in [2.05, 4.69) is 39.4 Å². The third-order valence-electron chi connectivity index (χ3n) is 5.55. The van der Waals surface area contributed by atoms with Gasteiger partial charge >= 0.3 is 6.03 Å². The van der Waals surface area contributed by atoms with Crippen LogP contribution in [0.4, 0.5) is 10.5 Å². The Balaban J connectivity index is 1.34. The van der Waals surface area contributed by atoms with Crippen molar-refractivity contribution in [3.8, 4) is 0 Å². The molecule has 0 bridgehead atoms. The van der Waals surface area contributed by atoms with Gasteiger partial charge in [0.15, 0.2) is 0 Å². The molecule has 4 rings (SSSR count). The van der Waals surface area contributed by atoms with Crippen molar-refractivity contribution < 1.29 is 9.53 Å². The van der Waals surface area contributed by atoms with Gasteiger partial charge in [-0.15, -0.1) is 0 Å². The van der Waals surface area contributed by atoms with Crippen LogP contribution in [0.5, 0.6) is 0 Å². The quantitative estimate of drug-likeness (QED) is 0.900. The first-order valence-electron chi connectivity index (χ1n) is 9.48. The standard InChI is InChI=1S/C19H28N4O2/c24-19-20-7-9-23(19)17-5-3-16(4-6-17)14-21-8-1-2-18(15-21)22-10-12-25-13-11-22/h3-6,18H,1-2,7-15H2,(H,20,24)/t18-/m1/s1. The number of rotatable bonds is 4. The smallest absolute Gasteiger partial charge is 0.321 e. The molecule has 3 fully saturated rings. The zero-order valence-electron chi connectivity index (χ0n) is 14.8. The van der Waals surface area contributed by atoms with Gasteiger partial charge in [-0.3, -0.25) is 14.7 Å². The summed E-state index contributed by atoms with van der Waals surface area (Å²) in [6, 6.07) is 9.16. The van der Waals surface area contributed by atoms with E-state index < -0.39 is 0 Å². The zero-order valence-corrected chi connectivity index (χ0v) is 14.8. The maximum atomic E-state index is 11.8. The number of nitrogens with zero attached hydrogens (tertiary/aromatic N) is 3. The fourth-order valence-corrected chi connectivity index (χ4v) is 4.17. The minimum absolute atomic E-state index is 0.0112. The van der Waals surface area contributed by atoms with Crippen LogP contribution in [-0.2, 0) is 11.3 Å². The number of urea groups is 1. The summed E-state index contributed by atoms with van der Waals surface area (Å²) in [4.78, 5) is 18.7. The van der Waals surface area contributed by atoms with Gasteiger partial charge in [-0.1, -0.05) is 12.1 Å². The normalized spacial score (nSPS) is 26.0. The molecule has 136 valence electrons. The Hall–Kier alpha value is -1.63. The first-order valence-corrected chi connectivity index (χ1v) is 9.48. The molecule has 1 N–H and O–H groups in total. The molecule has 0 radical (unpaired) electrons. The largest absolute Gasteiger partial charge is 0.379 e. The van der Waals surface area contributed by atoms with E-state index in [-0.39, 0.29) is 6.03 Å². The number of carbonyl (C=O) groups excluding carboxylic acids is 1. The summed E-state index contributed by atoms with van der Waals surface area (Å²) in [6.07, 6.45) is 2.58. The van der Waals surface area contributed by atoms with Gasteiger partial charge in [0, 0.05) is 51.0 Å². The number of anilines is 1. The molecule has 25 heavy (non-hydrogen) atoms. The van der Waals surface area contributed by atoms with Crippen molar-refractivity contribution in [2.75, 3.05) is 57.4 Å². The van der Waals surface area contributed by atoms with E-state index in [9.17, 15) is 4.79 Å². The van der Waals surface area contributed by atoms with Crippen molar-refractivity contribution >= 4 is 11.7 Å². The van der Waals surface area contributed by atoms with E-state index in [1.165, 1.54) is 24.9 Å². The summed E-state index contributed by atoms with van der Waals surface area (Å²) in [7, 11) is 0. The molecule has 0 aromatic heterocycles. The Labute approximate surface area is 149 Å². The van der Waals surface area contributed by atoms with E-state index in [4.69, 9.17) is 4.74 Å². The van der Waals surface area contributed by atoms with Crippen molar-refractivity contribution in [3.05, 3.63) is 29.8 Å². The predicted octanol–water partition coefficient (Wildman–Crippen LogP) is 1.51. The summed E-state index contributed by atoms with van der Waals surface area (Å²) in [6.45, 7) is 8.71. The third kappa shape index (κ3) is 3.97. The Morgan fingerprint density at radius 3 is 2.60 bits per heavy atom. The number of hydrogen-bond donors (Lipinski definition) is 1. The lowest BCUT2D eigenvalue weighted by atomic mass is 10.0. The molecule has 3 heterocycles. The van der Waals surface area contributed by atoms with Gasteiger partial charge in [0.25, 0.3) is 0 Å². The molecule has 0 saturated carbocycles. The molecule has 1 aromatic carbocycles. The highest BCUT2D eigenvalue weighted by molar-refractivity contribution is 5.93. The number of nitrogens with one attached hydrogen (secondary N) is 1. The van der Waals surface area contributed by atoms with Crippen LogP contribution in [0, 0.1) is 0 Å². The van der Waals surface area contributed by atoms with E-state index in [0.717, 1.165) is 58.2 Å². The highest BCUT2D eigenvalue weighted by Gasteiger charge is 2.26. The van der Waals surface area contributed by atoms with E-state index in [1.807, 2.05) is 0 Å². The topological polar surface area (TPSA) is 48.1 Å². The third-order valence-corrected chi connectivity index (χ3v) is 5.55. The molecule has 6 nitrogen and oxygen atoms in total. The zero-order chi connectivity index (χ0) is 17.1. The molecule has 1 atom stereocenters. The second kappa shape index (κ2) is 7.72. The number of piperidine rings is 1. The number of carbonyl (C=O) groups is 1. The van der Waals surface area contributed by atoms with Crippen LogP contribution in [0.25, 0.3) is 0 Å². The number of benzene rings is 1. The average molecular weight is 344 g/mol. The van der Waals surface area contributed by atoms with Crippen LogP contribution in [0.3, 0.4) is 0 Å². The molecule has 1 aromatic rings. The van der Waals surface area contributed by atoms with E-state index in [0.29, 0.717) is 6.04 Å². The maximum Gasteiger partial charge on any atom is 0.321 e. The molecule has 0 spiro atoms.